The first kappa shape index (κ1) is 46.1. The number of benzene rings is 8. The third-order valence-corrected chi connectivity index (χ3v) is 14.4. The van der Waals surface area contributed by atoms with E-state index in [2.05, 4.69) is 223 Å². The Bertz CT molecular complexity index is 2820. The van der Waals surface area contributed by atoms with Crippen LogP contribution in [-0.4, -0.2) is 14.2 Å². The Morgan fingerprint density at radius 1 is 0.353 bits per heavy atom. The quantitative estimate of drug-likeness (QED) is 0.122. The predicted octanol–water partition coefficient (Wildman–Crippen LogP) is 17.7. The van der Waals surface area contributed by atoms with Gasteiger partial charge in [0.2, 0.25) is 0 Å². The molecule has 8 aromatic carbocycles. The lowest BCUT2D eigenvalue weighted by Crippen LogP contribution is -2.30. The number of nitrogens with zero attached hydrogens (tertiary/aromatic N) is 2. The van der Waals surface area contributed by atoms with Gasteiger partial charge in [0.25, 0.3) is 0 Å². The van der Waals surface area contributed by atoms with E-state index in [0.29, 0.717) is 0 Å². The minimum Gasteiger partial charge on any atom is -0.495 e. The van der Waals surface area contributed by atoms with Crippen molar-refractivity contribution in [3.05, 3.63) is 213 Å². The fourth-order valence-electron chi connectivity index (χ4n) is 11.3. The van der Waals surface area contributed by atoms with Crippen molar-refractivity contribution in [2.45, 2.75) is 92.9 Å². The molecule has 1 aliphatic rings. The van der Waals surface area contributed by atoms with Crippen molar-refractivity contribution in [1.29, 1.82) is 0 Å². The Kier molecular flexibility index (Phi) is 13.1. The van der Waals surface area contributed by atoms with Crippen LogP contribution in [0.5, 0.6) is 11.5 Å². The van der Waals surface area contributed by atoms with Gasteiger partial charge in [-0.25, -0.2) is 0 Å². The number of methoxy groups -OCH3 is 2. The van der Waals surface area contributed by atoms with Gasteiger partial charge in [-0.3, -0.25) is 0 Å². The minimum absolute atomic E-state index is 0.106. The molecule has 1 saturated carbocycles. The molecule has 68 heavy (non-hydrogen) atoms. The maximum atomic E-state index is 6.24. The second-order valence-electron chi connectivity index (χ2n) is 19.4. The minimum atomic E-state index is -0.106. The van der Waals surface area contributed by atoms with Crippen molar-refractivity contribution >= 4 is 34.1 Å². The molecular formula is C64H66N2O2. The number of aryl methyl sites for hydroxylation is 8. The molecule has 0 unspecified atom stereocenters. The molecule has 1 fully saturated rings. The highest BCUT2D eigenvalue weighted by Gasteiger charge is 2.36. The Hall–Kier alpha value is -7.04. The van der Waals surface area contributed by atoms with Crippen LogP contribution in [0.15, 0.2) is 158 Å². The zero-order chi connectivity index (χ0) is 47.7. The van der Waals surface area contributed by atoms with Gasteiger partial charge in [-0.05, 0) is 197 Å². The standard InChI is InChI=1S/C64H66N2O2/c1-42-14-24-54(25-15-42)65(58-32-18-50(40-60(58)67-9)62-46(5)36-44(3)37-47(62)6)56-28-20-52(21-29-56)64(34-12-11-13-35-64)53-22-30-57(31-23-53)66(55-26-16-43(2)17-27-55)59-33-19-51(41-61(59)68-10)63-48(7)38-45(4)39-49(63)8/h14-33,36-41H,11-13,34-35H2,1-10H3. The lowest BCUT2D eigenvalue weighted by molar-refractivity contribution is 0.346. The second kappa shape index (κ2) is 19.3. The lowest BCUT2D eigenvalue weighted by Gasteiger charge is -2.39. The van der Waals surface area contributed by atoms with Crippen LogP contribution in [0.3, 0.4) is 0 Å². The molecule has 1 aliphatic carbocycles. The molecule has 0 N–H and O–H groups in total. The highest BCUT2D eigenvalue weighted by Crippen LogP contribution is 2.49. The summed E-state index contributed by atoms with van der Waals surface area (Å²) in [5.41, 5.74) is 23.9. The third kappa shape index (κ3) is 8.93. The average Bonchev–Trinajstić information content (AvgIpc) is 3.33. The van der Waals surface area contributed by atoms with Crippen molar-refractivity contribution in [3.63, 3.8) is 0 Å². The topological polar surface area (TPSA) is 24.9 Å². The first-order valence-corrected chi connectivity index (χ1v) is 24.3. The molecule has 0 amide bonds. The van der Waals surface area contributed by atoms with E-state index < -0.39 is 0 Å². The highest BCUT2D eigenvalue weighted by molar-refractivity contribution is 5.86. The Morgan fingerprint density at radius 2 is 0.676 bits per heavy atom. The van der Waals surface area contributed by atoms with Gasteiger partial charge >= 0.3 is 0 Å². The van der Waals surface area contributed by atoms with Crippen molar-refractivity contribution in [3.8, 4) is 33.8 Å². The number of ether oxygens (including phenoxy) is 2. The number of hydrogen-bond donors (Lipinski definition) is 0. The summed E-state index contributed by atoms with van der Waals surface area (Å²) in [7, 11) is 3.57. The van der Waals surface area contributed by atoms with E-state index in [1.165, 1.54) is 86.0 Å². The lowest BCUT2D eigenvalue weighted by atomic mass is 9.65. The molecule has 0 aromatic heterocycles. The summed E-state index contributed by atoms with van der Waals surface area (Å²) in [4.78, 5) is 4.68. The van der Waals surface area contributed by atoms with Crippen molar-refractivity contribution in [2.24, 2.45) is 0 Å². The van der Waals surface area contributed by atoms with Gasteiger partial charge in [0.15, 0.2) is 0 Å². The summed E-state index contributed by atoms with van der Waals surface area (Å²) < 4.78 is 12.5. The molecule has 0 spiro atoms. The van der Waals surface area contributed by atoms with E-state index in [1.54, 1.807) is 14.2 Å². The fraction of sp³-hybridized carbons (Fsp3) is 0.250. The van der Waals surface area contributed by atoms with Crippen LogP contribution in [0.25, 0.3) is 22.3 Å². The van der Waals surface area contributed by atoms with Gasteiger partial charge in [0, 0.05) is 28.2 Å². The van der Waals surface area contributed by atoms with Crippen molar-refractivity contribution in [2.75, 3.05) is 24.0 Å². The van der Waals surface area contributed by atoms with Gasteiger partial charge < -0.3 is 19.3 Å². The van der Waals surface area contributed by atoms with Gasteiger partial charge in [-0.15, -0.1) is 0 Å². The normalized spacial score (nSPS) is 13.3. The van der Waals surface area contributed by atoms with E-state index in [-0.39, 0.29) is 5.41 Å². The molecule has 4 nitrogen and oxygen atoms in total. The summed E-state index contributed by atoms with van der Waals surface area (Å²) in [5.74, 6) is 1.67. The summed E-state index contributed by atoms with van der Waals surface area (Å²) in [6, 6.07) is 58.8. The summed E-state index contributed by atoms with van der Waals surface area (Å²) in [5, 5.41) is 0. The molecular weight excluding hydrogens is 829 g/mol. The van der Waals surface area contributed by atoms with E-state index in [0.717, 1.165) is 69.6 Å². The Balaban J connectivity index is 1.09. The van der Waals surface area contributed by atoms with Crippen LogP contribution in [0.4, 0.5) is 34.1 Å². The third-order valence-electron chi connectivity index (χ3n) is 14.4. The smallest absolute Gasteiger partial charge is 0.143 e. The second-order valence-corrected chi connectivity index (χ2v) is 19.4. The van der Waals surface area contributed by atoms with Crippen molar-refractivity contribution < 1.29 is 9.47 Å². The maximum absolute atomic E-state index is 6.24. The first-order valence-electron chi connectivity index (χ1n) is 24.3. The van der Waals surface area contributed by atoms with Gasteiger partial charge in [0.05, 0.1) is 25.6 Å². The predicted molar refractivity (Wildman–Crippen MR) is 288 cm³/mol. The van der Waals surface area contributed by atoms with E-state index in [9.17, 15) is 0 Å². The van der Waals surface area contributed by atoms with Gasteiger partial charge in [-0.2, -0.15) is 0 Å². The number of anilines is 6. The Morgan fingerprint density at radius 3 is 1.00 bits per heavy atom. The summed E-state index contributed by atoms with van der Waals surface area (Å²) in [6.45, 7) is 17.4. The molecule has 8 aromatic rings. The molecule has 0 heterocycles. The number of hydrogen-bond acceptors (Lipinski definition) is 4. The molecule has 0 bridgehead atoms. The maximum Gasteiger partial charge on any atom is 0.143 e. The summed E-state index contributed by atoms with van der Waals surface area (Å²) >= 11 is 0. The van der Waals surface area contributed by atoms with E-state index >= 15 is 0 Å². The molecule has 344 valence electrons. The zero-order valence-corrected chi connectivity index (χ0v) is 41.8. The fourth-order valence-corrected chi connectivity index (χ4v) is 11.3. The summed E-state index contributed by atoms with van der Waals surface area (Å²) in [6.07, 6.45) is 5.86. The molecule has 0 atom stereocenters. The first-order chi connectivity index (χ1) is 32.9. The molecule has 4 heteroatoms. The molecule has 0 saturated heterocycles. The van der Waals surface area contributed by atoms with Crippen LogP contribution in [0.2, 0.25) is 0 Å². The van der Waals surface area contributed by atoms with E-state index in [1.807, 2.05) is 0 Å². The Labute approximate surface area is 405 Å². The van der Waals surface area contributed by atoms with Crippen LogP contribution in [0.1, 0.15) is 87.7 Å². The van der Waals surface area contributed by atoms with Crippen LogP contribution >= 0.6 is 0 Å². The van der Waals surface area contributed by atoms with Crippen LogP contribution < -0.4 is 19.3 Å². The number of rotatable bonds is 12. The van der Waals surface area contributed by atoms with Crippen LogP contribution in [0, 0.1) is 55.4 Å². The highest BCUT2D eigenvalue weighted by atomic mass is 16.5. The zero-order valence-electron chi connectivity index (χ0n) is 41.8. The van der Waals surface area contributed by atoms with E-state index in [4.69, 9.17) is 9.47 Å². The largest absolute Gasteiger partial charge is 0.495 e. The average molecular weight is 895 g/mol. The van der Waals surface area contributed by atoms with Gasteiger partial charge in [-0.1, -0.05) is 126 Å². The van der Waals surface area contributed by atoms with Crippen molar-refractivity contribution in [1.82, 2.24) is 0 Å². The monoisotopic (exact) mass is 895 g/mol. The van der Waals surface area contributed by atoms with Gasteiger partial charge in [0.1, 0.15) is 11.5 Å². The SMILES string of the molecule is COc1cc(-c2c(C)cc(C)cc2C)ccc1N(c1ccc(C)cc1)c1ccc(C2(c3ccc(N(c4ccc(C)cc4)c4ccc(-c5c(C)cc(C)cc5C)cc4OC)cc3)CCCCC2)cc1. The molecule has 0 radical (unpaired) electrons. The van der Waals surface area contributed by atoms with Crippen LogP contribution in [-0.2, 0) is 5.41 Å². The molecule has 0 aliphatic heterocycles. The molecule has 9 rings (SSSR count).